The van der Waals surface area contributed by atoms with Crippen LogP contribution in [0.2, 0.25) is 0 Å². The SMILES string of the molecule is CCNc1cccc(N2CCCCC2CCO)n1. The van der Waals surface area contributed by atoms with Crippen LogP contribution in [0.5, 0.6) is 0 Å². The van der Waals surface area contributed by atoms with Crippen molar-refractivity contribution in [3.63, 3.8) is 0 Å². The van der Waals surface area contributed by atoms with Crippen LogP contribution in [0, 0.1) is 0 Å². The van der Waals surface area contributed by atoms with Crippen molar-refractivity contribution in [1.29, 1.82) is 0 Å². The number of aliphatic hydroxyl groups excluding tert-OH is 1. The van der Waals surface area contributed by atoms with Crippen LogP contribution in [-0.4, -0.2) is 35.8 Å². The molecule has 18 heavy (non-hydrogen) atoms. The lowest BCUT2D eigenvalue weighted by Gasteiger charge is -2.36. The topological polar surface area (TPSA) is 48.4 Å². The fourth-order valence-corrected chi connectivity index (χ4v) is 2.61. The van der Waals surface area contributed by atoms with Gasteiger partial charge in [-0.05, 0) is 44.7 Å². The zero-order valence-electron chi connectivity index (χ0n) is 11.1. The predicted octanol–water partition coefficient (Wildman–Crippen LogP) is 2.25. The molecular formula is C14H23N3O. The Bertz CT molecular complexity index is 368. The molecule has 4 nitrogen and oxygen atoms in total. The van der Waals surface area contributed by atoms with Gasteiger partial charge in [-0.1, -0.05) is 6.07 Å². The Morgan fingerprint density at radius 3 is 3.11 bits per heavy atom. The Kier molecular flexibility index (Phi) is 4.81. The first-order valence-electron chi connectivity index (χ1n) is 6.93. The molecule has 1 aromatic rings. The van der Waals surface area contributed by atoms with Crippen molar-refractivity contribution in [2.24, 2.45) is 0 Å². The molecule has 1 saturated heterocycles. The second-order valence-electron chi connectivity index (χ2n) is 4.77. The summed E-state index contributed by atoms with van der Waals surface area (Å²) in [6, 6.07) is 6.55. The Balaban J connectivity index is 2.14. The molecule has 0 spiro atoms. The molecule has 1 aliphatic rings. The summed E-state index contributed by atoms with van der Waals surface area (Å²) >= 11 is 0. The summed E-state index contributed by atoms with van der Waals surface area (Å²) in [6.45, 7) is 4.27. The smallest absolute Gasteiger partial charge is 0.131 e. The van der Waals surface area contributed by atoms with E-state index in [2.05, 4.69) is 28.2 Å². The number of pyridine rings is 1. The average molecular weight is 249 g/mol. The average Bonchev–Trinajstić information content (AvgIpc) is 2.40. The standard InChI is InChI=1S/C14H23N3O/c1-2-15-13-7-5-8-14(16-13)17-10-4-3-6-12(17)9-11-18/h5,7-8,12,18H,2-4,6,9-11H2,1H3,(H,15,16). The van der Waals surface area contributed by atoms with Gasteiger partial charge in [0.25, 0.3) is 0 Å². The lowest BCUT2D eigenvalue weighted by atomic mass is 9.99. The molecule has 0 saturated carbocycles. The largest absolute Gasteiger partial charge is 0.396 e. The van der Waals surface area contributed by atoms with Gasteiger partial charge in [0.2, 0.25) is 0 Å². The second-order valence-corrected chi connectivity index (χ2v) is 4.77. The van der Waals surface area contributed by atoms with Crippen molar-refractivity contribution in [2.45, 2.75) is 38.6 Å². The molecule has 2 rings (SSSR count). The third kappa shape index (κ3) is 3.13. The predicted molar refractivity (Wildman–Crippen MR) is 75.1 cm³/mol. The molecular weight excluding hydrogens is 226 g/mol. The molecule has 1 fully saturated rings. The Labute approximate surface area is 109 Å². The van der Waals surface area contributed by atoms with Gasteiger partial charge >= 0.3 is 0 Å². The minimum Gasteiger partial charge on any atom is -0.396 e. The van der Waals surface area contributed by atoms with E-state index in [1.807, 2.05) is 12.1 Å². The Morgan fingerprint density at radius 1 is 1.44 bits per heavy atom. The molecule has 0 bridgehead atoms. The quantitative estimate of drug-likeness (QED) is 0.840. The number of nitrogens with zero attached hydrogens (tertiary/aromatic N) is 2. The maximum Gasteiger partial charge on any atom is 0.131 e. The highest BCUT2D eigenvalue weighted by molar-refractivity contribution is 5.48. The minimum absolute atomic E-state index is 0.258. The van der Waals surface area contributed by atoms with E-state index >= 15 is 0 Å². The molecule has 0 radical (unpaired) electrons. The monoisotopic (exact) mass is 249 g/mol. The summed E-state index contributed by atoms with van der Waals surface area (Å²) in [5, 5.41) is 12.4. The number of aromatic nitrogens is 1. The number of anilines is 2. The van der Waals surface area contributed by atoms with Crippen LogP contribution in [0.3, 0.4) is 0 Å². The summed E-state index contributed by atoms with van der Waals surface area (Å²) < 4.78 is 0. The summed E-state index contributed by atoms with van der Waals surface area (Å²) in [5.74, 6) is 1.97. The Morgan fingerprint density at radius 2 is 2.33 bits per heavy atom. The highest BCUT2D eigenvalue weighted by Gasteiger charge is 2.23. The summed E-state index contributed by atoms with van der Waals surface area (Å²) in [4.78, 5) is 7.00. The fourth-order valence-electron chi connectivity index (χ4n) is 2.61. The van der Waals surface area contributed by atoms with Gasteiger partial charge < -0.3 is 15.3 Å². The number of piperidine rings is 1. The molecule has 1 atom stereocenters. The van der Waals surface area contributed by atoms with Crippen LogP contribution < -0.4 is 10.2 Å². The molecule has 100 valence electrons. The fraction of sp³-hybridized carbons (Fsp3) is 0.643. The summed E-state index contributed by atoms with van der Waals surface area (Å²) in [6.07, 6.45) is 4.48. The number of hydrogen-bond acceptors (Lipinski definition) is 4. The van der Waals surface area contributed by atoms with E-state index in [1.54, 1.807) is 0 Å². The molecule has 2 heterocycles. The molecule has 2 N–H and O–H groups in total. The van der Waals surface area contributed by atoms with Crippen LogP contribution in [0.25, 0.3) is 0 Å². The second kappa shape index (κ2) is 6.59. The van der Waals surface area contributed by atoms with Gasteiger partial charge in [-0.25, -0.2) is 4.98 Å². The third-order valence-electron chi connectivity index (χ3n) is 3.48. The first-order valence-corrected chi connectivity index (χ1v) is 6.93. The van der Waals surface area contributed by atoms with Crippen LogP contribution >= 0.6 is 0 Å². The van der Waals surface area contributed by atoms with Crippen LogP contribution in [0.15, 0.2) is 18.2 Å². The maximum atomic E-state index is 9.16. The zero-order chi connectivity index (χ0) is 12.8. The summed E-state index contributed by atoms with van der Waals surface area (Å²) in [5.41, 5.74) is 0. The van der Waals surface area contributed by atoms with Gasteiger partial charge in [0.1, 0.15) is 11.6 Å². The number of nitrogens with one attached hydrogen (secondary N) is 1. The highest BCUT2D eigenvalue weighted by Crippen LogP contribution is 2.25. The molecule has 1 unspecified atom stereocenters. The normalized spacial score (nSPS) is 19.9. The molecule has 0 aromatic carbocycles. The lowest BCUT2D eigenvalue weighted by Crippen LogP contribution is -2.40. The molecule has 1 aliphatic heterocycles. The summed E-state index contributed by atoms with van der Waals surface area (Å²) in [7, 11) is 0. The minimum atomic E-state index is 0.258. The van der Waals surface area contributed by atoms with E-state index < -0.39 is 0 Å². The van der Waals surface area contributed by atoms with Crippen LogP contribution in [0.1, 0.15) is 32.6 Å². The van der Waals surface area contributed by atoms with E-state index in [4.69, 9.17) is 5.11 Å². The van der Waals surface area contributed by atoms with E-state index in [0.29, 0.717) is 6.04 Å². The van der Waals surface area contributed by atoms with Gasteiger partial charge in [-0.3, -0.25) is 0 Å². The van der Waals surface area contributed by atoms with E-state index in [0.717, 1.165) is 37.6 Å². The van der Waals surface area contributed by atoms with Crippen molar-refractivity contribution in [3.8, 4) is 0 Å². The molecule has 4 heteroatoms. The van der Waals surface area contributed by atoms with Crippen molar-refractivity contribution >= 4 is 11.6 Å². The van der Waals surface area contributed by atoms with Gasteiger partial charge in [-0.15, -0.1) is 0 Å². The number of aliphatic hydroxyl groups is 1. The van der Waals surface area contributed by atoms with Crippen molar-refractivity contribution in [1.82, 2.24) is 4.98 Å². The van der Waals surface area contributed by atoms with Crippen LogP contribution in [-0.2, 0) is 0 Å². The van der Waals surface area contributed by atoms with E-state index in [-0.39, 0.29) is 6.61 Å². The van der Waals surface area contributed by atoms with Gasteiger partial charge in [0, 0.05) is 25.7 Å². The van der Waals surface area contributed by atoms with E-state index in [1.165, 1.54) is 12.8 Å². The highest BCUT2D eigenvalue weighted by atomic mass is 16.3. The zero-order valence-corrected chi connectivity index (χ0v) is 11.1. The van der Waals surface area contributed by atoms with Gasteiger partial charge in [0.05, 0.1) is 0 Å². The van der Waals surface area contributed by atoms with E-state index in [9.17, 15) is 0 Å². The number of rotatable bonds is 5. The molecule has 0 aliphatic carbocycles. The maximum absolute atomic E-state index is 9.16. The first-order chi connectivity index (χ1) is 8.85. The van der Waals surface area contributed by atoms with Crippen molar-refractivity contribution in [2.75, 3.05) is 29.9 Å². The first kappa shape index (κ1) is 13.1. The van der Waals surface area contributed by atoms with Crippen molar-refractivity contribution < 1.29 is 5.11 Å². The lowest BCUT2D eigenvalue weighted by molar-refractivity contribution is 0.262. The third-order valence-corrected chi connectivity index (χ3v) is 3.48. The van der Waals surface area contributed by atoms with Crippen LogP contribution in [0.4, 0.5) is 11.6 Å². The molecule has 0 amide bonds. The van der Waals surface area contributed by atoms with Gasteiger partial charge in [0.15, 0.2) is 0 Å². The molecule has 1 aromatic heterocycles. The Hall–Kier alpha value is -1.29. The van der Waals surface area contributed by atoms with Crippen molar-refractivity contribution in [3.05, 3.63) is 18.2 Å². The van der Waals surface area contributed by atoms with Gasteiger partial charge in [-0.2, -0.15) is 0 Å². The number of hydrogen-bond donors (Lipinski definition) is 2.